The van der Waals surface area contributed by atoms with Gasteiger partial charge in [-0.2, -0.15) is 0 Å². The number of nitrogens with zero attached hydrogens (tertiary/aromatic N) is 3. The first-order valence-corrected chi connectivity index (χ1v) is 18.2. The number of carbonyl (C=O) groups is 2. The Morgan fingerprint density at radius 1 is 0.774 bits per heavy atom. The number of rotatable bonds is 13. The molecule has 7 nitrogen and oxygen atoms in total. The molecule has 0 unspecified atom stereocenters. The van der Waals surface area contributed by atoms with Crippen LogP contribution < -0.4 is 34.2 Å². The highest BCUT2D eigenvalue weighted by Crippen LogP contribution is 2.28. The molecule has 12 heteroatoms. The fourth-order valence-electron chi connectivity index (χ4n) is 6.69. The lowest BCUT2D eigenvalue weighted by molar-refractivity contribution is -0.944. The van der Waals surface area contributed by atoms with Gasteiger partial charge in [0.05, 0.1) is 49.3 Å². The van der Waals surface area contributed by atoms with Crippen molar-refractivity contribution in [2.75, 3.05) is 44.2 Å². The quantitative estimate of drug-likeness (QED) is 0.118. The zero-order valence-corrected chi connectivity index (χ0v) is 32.8. The van der Waals surface area contributed by atoms with Crippen molar-refractivity contribution in [1.29, 1.82) is 0 Å². The Labute approximate surface area is 336 Å². The average molecular weight is 874 g/mol. The SMILES string of the molecule is O=C(NCCc1ccc(F)cc1)c1ccc(CN(C(=O)N2CC[N+](CCCc3ccccc3)(Cc3ccc(Cl)c(Cl)c3)CC2)c2ccc(F)cc2)o1.[I-]. The molecule has 1 N–H and O–H groups in total. The number of urea groups is 1. The van der Waals surface area contributed by atoms with Gasteiger partial charge in [0.15, 0.2) is 5.76 Å². The van der Waals surface area contributed by atoms with Crippen molar-refractivity contribution >= 4 is 40.8 Å². The number of aryl methyl sites for hydroxylation is 1. The van der Waals surface area contributed by atoms with Crippen molar-refractivity contribution in [3.8, 4) is 0 Å². The minimum atomic E-state index is -0.411. The van der Waals surface area contributed by atoms with Crippen LogP contribution in [0.1, 0.15) is 39.4 Å². The fourth-order valence-corrected chi connectivity index (χ4v) is 7.01. The Morgan fingerprint density at radius 3 is 2.09 bits per heavy atom. The Balaban J connectivity index is 0.00000541. The first kappa shape index (κ1) is 40.2. The molecule has 0 bridgehead atoms. The molecular formula is C41H41Cl2F2IN4O3. The van der Waals surface area contributed by atoms with Gasteiger partial charge in [-0.1, -0.05) is 71.7 Å². The van der Waals surface area contributed by atoms with Gasteiger partial charge in [0.2, 0.25) is 0 Å². The van der Waals surface area contributed by atoms with Crippen molar-refractivity contribution < 1.29 is 51.2 Å². The second kappa shape index (κ2) is 18.9. The second-order valence-electron chi connectivity index (χ2n) is 13.2. The van der Waals surface area contributed by atoms with E-state index in [2.05, 4.69) is 29.6 Å². The van der Waals surface area contributed by atoms with Gasteiger partial charge in [0.25, 0.3) is 5.91 Å². The van der Waals surface area contributed by atoms with Crippen LogP contribution in [0.15, 0.2) is 114 Å². The summed E-state index contributed by atoms with van der Waals surface area (Å²) >= 11 is 12.6. The topological polar surface area (TPSA) is 65.8 Å². The summed E-state index contributed by atoms with van der Waals surface area (Å²) in [5.41, 5.74) is 3.79. The van der Waals surface area contributed by atoms with Crippen LogP contribution in [0.25, 0.3) is 0 Å². The molecule has 278 valence electrons. The first-order chi connectivity index (χ1) is 25.2. The number of carbonyl (C=O) groups excluding carboxylic acids is 2. The van der Waals surface area contributed by atoms with E-state index in [1.807, 2.05) is 29.2 Å². The molecule has 0 aliphatic carbocycles. The first-order valence-electron chi connectivity index (χ1n) is 17.4. The highest BCUT2D eigenvalue weighted by molar-refractivity contribution is 6.42. The van der Waals surface area contributed by atoms with E-state index in [1.165, 1.54) is 29.8 Å². The fraction of sp³-hybridized carbons (Fsp3) is 0.268. The number of nitrogens with one attached hydrogen (secondary N) is 1. The number of benzene rings is 4. The number of halogens is 5. The highest BCUT2D eigenvalue weighted by Gasteiger charge is 2.36. The summed E-state index contributed by atoms with van der Waals surface area (Å²) in [6, 6.07) is 31.1. The third-order valence-electron chi connectivity index (χ3n) is 9.58. The predicted molar refractivity (Wildman–Crippen MR) is 200 cm³/mol. The number of quaternary nitrogens is 1. The van der Waals surface area contributed by atoms with E-state index >= 15 is 0 Å². The van der Waals surface area contributed by atoms with Gasteiger partial charge in [0, 0.05) is 24.2 Å². The second-order valence-corrected chi connectivity index (χ2v) is 14.1. The largest absolute Gasteiger partial charge is 1.00 e. The molecule has 53 heavy (non-hydrogen) atoms. The highest BCUT2D eigenvalue weighted by atomic mass is 127. The third kappa shape index (κ3) is 11.0. The van der Waals surface area contributed by atoms with E-state index in [9.17, 15) is 18.4 Å². The van der Waals surface area contributed by atoms with Crippen molar-refractivity contribution in [1.82, 2.24) is 10.2 Å². The third-order valence-corrected chi connectivity index (χ3v) is 10.3. The Bertz CT molecular complexity index is 1950. The van der Waals surface area contributed by atoms with Crippen LogP contribution in [-0.4, -0.2) is 60.6 Å². The molecule has 0 saturated carbocycles. The number of amides is 3. The van der Waals surface area contributed by atoms with Gasteiger partial charge in [0.1, 0.15) is 23.9 Å². The lowest BCUT2D eigenvalue weighted by Crippen LogP contribution is -3.00. The lowest BCUT2D eigenvalue weighted by atomic mass is 10.1. The van der Waals surface area contributed by atoms with Crippen LogP contribution in [0.5, 0.6) is 0 Å². The molecule has 1 aliphatic heterocycles. The summed E-state index contributed by atoms with van der Waals surface area (Å²) in [5.74, 6) is -0.604. The average Bonchev–Trinajstić information content (AvgIpc) is 3.63. The van der Waals surface area contributed by atoms with Crippen LogP contribution in [0, 0.1) is 11.6 Å². The summed E-state index contributed by atoms with van der Waals surface area (Å²) in [4.78, 5) is 30.5. The molecule has 5 aromatic rings. The Morgan fingerprint density at radius 2 is 1.42 bits per heavy atom. The summed E-state index contributed by atoms with van der Waals surface area (Å²) in [7, 11) is 0. The number of anilines is 1. The predicted octanol–water partition coefficient (Wildman–Crippen LogP) is 5.93. The summed E-state index contributed by atoms with van der Waals surface area (Å²) in [6.07, 6.45) is 2.48. The molecule has 1 aromatic heterocycles. The van der Waals surface area contributed by atoms with Crippen molar-refractivity contribution in [3.05, 3.63) is 159 Å². The van der Waals surface area contributed by atoms with Gasteiger partial charge >= 0.3 is 6.03 Å². The molecule has 6 rings (SSSR count). The monoisotopic (exact) mass is 872 g/mol. The minimum absolute atomic E-state index is 0. The number of piperazine rings is 1. The van der Waals surface area contributed by atoms with Crippen LogP contribution in [0.3, 0.4) is 0 Å². The van der Waals surface area contributed by atoms with E-state index in [0.717, 1.165) is 54.6 Å². The zero-order chi connectivity index (χ0) is 36.5. The molecule has 3 amide bonds. The van der Waals surface area contributed by atoms with Crippen molar-refractivity contribution in [3.63, 3.8) is 0 Å². The number of furan rings is 1. The molecule has 0 radical (unpaired) electrons. The van der Waals surface area contributed by atoms with Crippen LogP contribution in [0.2, 0.25) is 10.0 Å². The molecule has 1 fully saturated rings. The maximum atomic E-state index is 14.3. The maximum Gasteiger partial charge on any atom is 0.325 e. The van der Waals surface area contributed by atoms with Gasteiger partial charge in [-0.25, -0.2) is 13.6 Å². The molecule has 0 spiro atoms. The normalized spacial score (nSPS) is 13.6. The molecule has 1 aliphatic rings. The van der Waals surface area contributed by atoms with Crippen molar-refractivity contribution in [2.24, 2.45) is 0 Å². The minimum Gasteiger partial charge on any atom is -1.00 e. The number of hydrogen-bond donors (Lipinski definition) is 1. The molecule has 4 aromatic carbocycles. The van der Waals surface area contributed by atoms with Gasteiger partial charge in [-0.05, 0) is 84.6 Å². The molecule has 1 saturated heterocycles. The maximum absolute atomic E-state index is 14.3. The Hall–Kier alpha value is -3.97. The smallest absolute Gasteiger partial charge is 0.325 e. The van der Waals surface area contributed by atoms with Crippen LogP contribution >= 0.6 is 23.2 Å². The van der Waals surface area contributed by atoms with E-state index in [-0.39, 0.29) is 48.1 Å². The summed E-state index contributed by atoms with van der Waals surface area (Å²) in [5, 5.41) is 3.86. The summed E-state index contributed by atoms with van der Waals surface area (Å²) < 4.78 is 33.9. The van der Waals surface area contributed by atoms with Gasteiger partial charge in [-0.3, -0.25) is 9.69 Å². The lowest BCUT2D eigenvalue weighted by Gasteiger charge is -2.46. The van der Waals surface area contributed by atoms with E-state index in [0.29, 0.717) is 47.5 Å². The van der Waals surface area contributed by atoms with E-state index in [1.54, 1.807) is 41.3 Å². The van der Waals surface area contributed by atoms with Crippen LogP contribution in [0.4, 0.5) is 19.3 Å². The summed E-state index contributed by atoms with van der Waals surface area (Å²) in [6.45, 7) is 4.59. The van der Waals surface area contributed by atoms with Gasteiger partial charge in [-0.15, -0.1) is 0 Å². The zero-order valence-electron chi connectivity index (χ0n) is 29.1. The number of hydrogen-bond acceptors (Lipinski definition) is 3. The Kier molecular flexibility index (Phi) is 14.3. The molecule has 2 heterocycles. The van der Waals surface area contributed by atoms with E-state index < -0.39 is 11.7 Å². The van der Waals surface area contributed by atoms with E-state index in [4.69, 9.17) is 27.6 Å². The van der Waals surface area contributed by atoms with Crippen molar-refractivity contribution in [2.45, 2.75) is 32.4 Å². The standard InChI is InChI=1S/C41H40Cl2F2N4O3.HI/c42-37-18-10-32(27-38(37)43)29-49(24-4-7-30-5-2-1-3-6-30)25-22-47(23-26-49)41(51)48(35-15-13-34(45)14-16-35)28-36-17-19-39(52-36)40(50)46-21-20-31-8-11-33(44)12-9-31;/h1-3,5-6,8-19,27H,4,7,20-26,28-29H2;1H. The van der Waals surface area contributed by atoms with Crippen LogP contribution in [-0.2, 0) is 25.9 Å². The molecule has 0 atom stereocenters. The van der Waals surface area contributed by atoms with Gasteiger partial charge < -0.3 is 43.1 Å². The molecular weight excluding hydrogens is 832 g/mol.